The van der Waals surface area contributed by atoms with Crippen molar-refractivity contribution in [3.05, 3.63) is 65.9 Å². The SMILES string of the molecule is CCc1c(C(=O)Nc2ccc(N3CCOCC3)cn2)cnn1-c1ccc(F)cc1. The van der Waals surface area contributed by atoms with Crippen LogP contribution in [-0.4, -0.2) is 47.0 Å². The fraction of sp³-hybridized carbons (Fsp3) is 0.286. The second kappa shape index (κ2) is 8.40. The smallest absolute Gasteiger partial charge is 0.260 e. The summed E-state index contributed by atoms with van der Waals surface area (Å²) in [6.45, 7) is 5.02. The molecule has 2 aromatic heterocycles. The van der Waals surface area contributed by atoms with Crippen molar-refractivity contribution in [2.45, 2.75) is 13.3 Å². The van der Waals surface area contributed by atoms with Gasteiger partial charge in [0.1, 0.15) is 11.6 Å². The molecular formula is C21H22FN5O2. The third-order valence-electron chi connectivity index (χ3n) is 4.89. The summed E-state index contributed by atoms with van der Waals surface area (Å²) in [6, 6.07) is 9.74. The molecule has 8 heteroatoms. The van der Waals surface area contributed by atoms with E-state index in [9.17, 15) is 9.18 Å². The topological polar surface area (TPSA) is 72.3 Å². The summed E-state index contributed by atoms with van der Waals surface area (Å²) in [4.78, 5) is 19.4. The molecule has 1 fully saturated rings. The highest BCUT2D eigenvalue weighted by molar-refractivity contribution is 6.04. The summed E-state index contributed by atoms with van der Waals surface area (Å²) in [7, 11) is 0. The number of morpholine rings is 1. The van der Waals surface area contributed by atoms with Crippen LogP contribution in [0.4, 0.5) is 15.9 Å². The number of aromatic nitrogens is 3. The molecule has 3 aromatic rings. The zero-order chi connectivity index (χ0) is 20.2. The molecule has 1 aromatic carbocycles. The third-order valence-corrected chi connectivity index (χ3v) is 4.89. The van der Waals surface area contributed by atoms with Gasteiger partial charge in [-0.25, -0.2) is 14.1 Å². The lowest BCUT2D eigenvalue weighted by Gasteiger charge is -2.28. The molecule has 0 radical (unpaired) electrons. The van der Waals surface area contributed by atoms with Gasteiger partial charge in [0, 0.05) is 13.1 Å². The molecule has 0 aliphatic carbocycles. The third kappa shape index (κ3) is 4.12. The summed E-state index contributed by atoms with van der Waals surface area (Å²) >= 11 is 0. The minimum atomic E-state index is -0.316. The number of hydrogen-bond donors (Lipinski definition) is 1. The Morgan fingerprint density at radius 2 is 1.83 bits per heavy atom. The summed E-state index contributed by atoms with van der Waals surface area (Å²) in [5, 5.41) is 7.15. The number of rotatable bonds is 5. The van der Waals surface area contributed by atoms with E-state index in [1.807, 2.05) is 13.0 Å². The molecule has 0 atom stereocenters. The van der Waals surface area contributed by atoms with Gasteiger partial charge in [0.25, 0.3) is 5.91 Å². The minimum absolute atomic E-state index is 0.276. The summed E-state index contributed by atoms with van der Waals surface area (Å²) in [5.74, 6) is -0.117. The summed E-state index contributed by atoms with van der Waals surface area (Å²) < 4.78 is 20.2. The number of carbonyl (C=O) groups is 1. The van der Waals surface area contributed by atoms with E-state index in [0.717, 1.165) is 24.5 Å². The predicted molar refractivity (Wildman–Crippen MR) is 108 cm³/mol. The summed E-state index contributed by atoms with van der Waals surface area (Å²) in [5.41, 5.74) is 2.93. The van der Waals surface area contributed by atoms with Crippen LogP contribution in [0.25, 0.3) is 5.69 Å². The molecule has 1 amide bonds. The lowest BCUT2D eigenvalue weighted by atomic mass is 10.2. The Labute approximate surface area is 168 Å². The molecule has 0 bridgehead atoms. The van der Waals surface area contributed by atoms with E-state index in [2.05, 4.69) is 20.3 Å². The average molecular weight is 395 g/mol. The molecule has 29 heavy (non-hydrogen) atoms. The highest BCUT2D eigenvalue weighted by atomic mass is 19.1. The number of halogens is 1. The second-order valence-electron chi connectivity index (χ2n) is 6.70. The van der Waals surface area contributed by atoms with Gasteiger partial charge in [-0.3, -0.25) is 4.79 Å². The van der Waals surface area contributed by atoms with Crippen LogP contribution in [0.2, 0.25) is 0 Å². The van der Waals surface area contributed by atoms with E-state index in [4.69, 9.17) is 4.74 Å². The van der Waals surface area contributed by atoms with Crippen molar-refractivity contribution in [2.24, 2.45) is 0 Å². The van der Waals surface area contributed by atoms with Crippen molar-refractivity contribution >= 4 is 17.4 Å². The molecular weight excluding hydrogens is 373 g/mol. The van der Waals surface area contributed by atoms with Crippen molar-refractivity contribution < 1.29 is 13.9 Å². The zero-order valence-electron chi connectivity index (χ0n) is 16.1. The number of anilines is 2. The van der Waals surface area contributed by atoms with Crippen LogP contribution in [-0.2, 0) is 11.2 Å². The van der Waals surface area contributed by atoms with Gasteiger partial charge in [0.15, 0.2) is 0 Å². The number of amides is 1. The Morgan fingerprint density at radius 3 is 2.48 bits per heavy atom. The van der Waals surface area contributed by atoms with Gasteiger partial charge in [0.05, 0.1) is 48.2 Å². The molecule has 1 aliphatic rings. The van der Waals surface area contributed by atoms with Gasteiger partial charge >= 0.3 is 0 Å². The monoisotopic (exact) mass is 395 g/mol. The quantitative estimate of drug-likeness (QED) is 0.719. The molecule has 0 unspecified atom stereocenters. The number of nitrogens with zero attached hydrogens (tertiary/aromatic N) is 4. The Kier molecular flexibility index (Phi) is 5.53. The molecule has 4 rings (SSSR count). The maximum atomic E-state index is 13.2. The molecule has 3 heterocycles. The first-order chi connectivity index (χ1) is 14.2. The van der Waals surface area contributed by atoms with Gasteiger partial charge < -0.3 is 15.0 Å². The second-order valence-corrected chi connectivity index (χ2v) is 6.70. The molecule has 1 aliphatic heterocycles. The van der Waals surface area contributed by atoms with Crippen LogP contribution >= 0.6 is 0 Å². The van der Waals surface area contributed by atoms with Crippen molar-refractivity contribution in [2.75, 3.05) is 36.5 Å². The Bertz CT molecular complexity index is 979. The van der Waals surface area contributed by atoms with Gasteiger partial charge in [-0.15, -0.1) is 0 Å². The molecule has 1 N–H and O–H groups in total. The van der Waals surface area contributed by atoms with Crippen molar-refractivity contribution in [3.8, 4) is 5.69 Å². The van der Waals surface area contributed by atoms with Gasteiger partial charge in [-0.1, -0.05) is 6.92 Å². The molecule has 0 saturated carbocycles. The summed E-state index contributed by atoms with van der Waals surface area (Å²) in [6.07, 6.45) is 3.88. The molecule has 0 spiro atoms. The molecule has 1 saturated heterocycles. The first-order valence-corrected chi connectivity index (χ1v) is 9.58. The molecule has 7 nitrogen and oxygen atoms in total. The van der Waals surface area contributed by atoms with Crippen LogP contribution in [0.5, 0.6) is 0 Å². The number of pyridine rings is 1. The predicted octanol–water partition coefficient (Wildman–Crippen LogP) is 3.06. The number of ether oxygens (including phenoxy) is 1. The van der Waals surface area contributed by atoms with Gasteiger partial charge in [-0.2, -0.15) is 5.10 Å². The highest BCUT2D eigenvalue weighted by Crippen LogP contribution is 2.19. The number of benzene rings is 1. The van der Waals surface area contributed by atoms with Crippen molar-refractivity contribution in [1.29, 1.82) is 0 Å². The minimum Gasteiger partial charge on any atom is -0.378 e. The van der Waals surface area contributed by atoms with Crippen molar-refractivity contribution in [1.82, 2.24) is 14.8 Å². The number of carbonyl (C=O) groups excluding carboxylic acids is 1. The average Bonchev–Trinajstić information content (AvgIpc) is 3.20. The van der Waals surface area contributed by atoms with Crippen LogP contribution in [0.15, 0.2) is 48.8 Å². The number of hydrogen-bond acceptors (Lipinski definition) is 5. The maximum absolute atomic E-state index is 13.2. The van der Waals surface area contributed by atoms with Crippen LogP contribution in [0.1, 0.15) is 23.0 Å². The van der Waals surface area contributed by atoms with Gasteiger partial charge in [-0.05, 0) is 42.8 Å². The lowest BCUT2D eigenvalue weighted by molar-refractivity contribution is 0.102. The van der Waals surface area contributed by atoms with E-state index < -0.39 is 0 Å². The van der Waals surface area contributed by atoms with E-state index >= 15 is 0 Å². The Balaban J connectivity index is 1.50. The first kappa shape index (κ1) is 19.1. The Morgan fingerprint density at radius 1 is 1.10 bits per heavy atom. The zero-order valence-corrected chi connectivity index (χ0v) is 16.1. The standard InChI is InChI=1S/C21H22FN5O2/c1-2-19-18(14-24-27(19)16-5-3-15(22)4-6-16)21(28)25-20-8-7-17(13-23-20)26-9-11-29-12-10-26/h3-8,13-14H,2,9-12H2,1H3,(H,23,25,28). The highest BCUT2D eigenvalue weighted by Gasteiger charge is 2.18. The fourth-order valence-corrected chi connectivity index (χ4v) is 3.36. The van der Waals surface area contributed by atoms with Gasteiger partial charge in [0.2, 0.25) is 0 Å². The fourth-order valence-electron chi connectivity index (χ4n) is 3.36. The van der Waals surface area contributed by atoms with E-state index in [0.29, 0.717) is 36.7 Å². The van der Waals surface area contributed by atoms with E-state index in [-0.39, 0.29) is 11.7 Å². The maximum Gasteiger partial charge on any atom is 0.260 e. The largest absolute Gasteiger partial charge is 0.378 e. The molecule has 150 valence electrons. The van der Waals surface area contributed by atoms with E-state index in [1.165, 1.54) is 18.3 Å². The number of nitrogens with one attached hydrogen (secondary N) is 1. The Hall–Kier alpha value is -3.26. The van der Waals surface area contributed by atoms with Crippen LogP contribution in [0, 0.1) is 5.82 Å². The van der Waals surface area contributed by atoms with E-state index in [1.54, 1.807) is 29.1 Å². The first-order valence-electron chi connectivity index (χ1n) is 9.58. The normalized spacial score (nSPS) is 14.1. The van der Waals surface area contributed by atoms with Crippen LogP contribution < -0.4 is 10.2 Å². The van der Waals surface area contributed by atoms with Crippen molar-refractivity contribution in [3.63, 3.8) is 0 Å². The lowest BCUT2D eigenvalue weighted by Crippen LogP contribution is -2.36. The van der Waals surface area contributed by atoms with Crippen LogP contribution in [0.3, 0.4) is 0 Å².